The van der Waals surface area contributed by atoms with Gasteiger partial charge in [-0.25, -0.2) is 4.79 Å². The van der Waals surface area contributed by atoms with Gasteiger partial charge in [0.1, 0.15) is 5.60 Å². The van der Waals surface area contributed by atoms with Crippen LogP contribution in [-0.2, 0) is 14.0 Å². The molecule has 6 nitrogen and oxygen atoms in total. The van der Waals surface area contributed by atoms with E-state index in [9.17, 15) is 4.79 Å². The van der Waals surface area contributed by atoms with Crippen LogP contribution < -0.4 is 10.4 Å². The summed E-state index contributed by atoms with van der Waals surface area (Å²) < 4.78 is 17.8. The van der Waals surface area contributed by atoms with Crippen molar-refractivity contribution in [2.24, 2.45) is 0 Å². The second kappa shape index (κ2) is 7.51. The van der Waals surface area contributed by atoms with Gasteiger partial charge in [0.15, 0.2) is 0 Å². The van der Waals surface area contributed by atoms with E-state index in [1.165, 1.54) is 0 Å². The Balaban J connectivity index is 1.63. The molecule has 0 aliphatic carbocycles. The molecule has 0 bridgehead atoms. The third kappa shape index (κ3) is 4.72. The monoisotopic (exact) mass is 402 g/mol. The molecule has 0 spiro atoms. The van der Waals surface area contributed by atoms with Crippen LogP contribution in [0.1, 0.15) is 55.4 Å². The highest BCUT2D eigenvalue weighted by atomic mass is 16.7. The van der Waals surface area contributed by atoms with Crippen LogP contribution in [0.15, 0.2) is 24.3 Å². The summed E-state index contributed by atoms with van der Waals surface area (Å²) in [6.07, 6.45) is -0.235. The fraction of sp³-hybridized carbons (Fsp3) is 0.682. The second-order valence-electron chi connectivity index (χ2n) is 10.1. The molecule has 2 saturated heterocycles. The van der Waals surface area contributed by atoms with Gasteiger partial charge in [-0.05, 0) is 73.0 Å². The van der Waals surface area contributed by atoms with E-state index < -0.39 is 5.60 Å². The standard InChI is InChI=1S/C22H35BN2O4/c1-16-15-24(13-14-25(16)19(26)27-20(2,3)4)18-11-9-17(10-12-18)23-28-21(5,6)22(7,8)29-23/h9-12,16H,13-15H2,1-8H3/t16-/m0/s1. The van der Waals surface area contributed by atoms with Crippen LogP contribution in [-0.4, -0.2) is 60.6 Å². The van der Waals surface area contributed by atoms with Gasteiger partial charge in [-0.2, -0.15) is 0 Å². The molecular formula is C22H35BN2O4. The first-order chi connectivity index (χ1) is 13.3. The Bertz CT molecular complexity index is 726. The van der Waals surface area contributed by atoms with E-state index in [-0.39, 0.29) is 30.5 Å². The maximum absolute atomic E-state index is 12.4. The fourth-order valence-electron chi connectivity index (χ4n) is 3.61. The molecule has 1 atom stereocenters. The summed E-state index contributed by atoms with van der Waals surface area (Å²) in [4.78, 5) is 16.5. The van der Waals surface area contributed by atoms with E-state index in [0.717, 1.165) is 24.2 Å². The zero-order valence-corrected chi connectivity index (χ0v) is 19.1. The summed E-state index contributed by atoms with van der Waals surface area (Å²) in [5, 5.41) is 0. The van der Waals surface area contributed by atoms with Gasteiger partial charge in [-0.3, -0.25) is 0 Å². The van der Waals surface area contributed by atoms with Crippen molar-refractivity contribution >= 4 is 24.4 Å². The van der Waals surface area contributed by atoms with E-state index in [1.807, 2.05) is 25.7 Å². The molecule has 0 aromatic heterocycles. The van der Waals surface area contributed by atoms with Crippen LogP contribution in [0, 0.1) is 0 Å². The molecule has 0 N–H and O–H groups in total. The van der Waals surface area contributed by atoms with Gasteiger partial charge in [-0.15, -0.1) is 0 Å². The molecule has 29 heavy (non-hydrogen) atoms. The third-order valence-corrected chi connectivity index (χ3v) is 6.04. The predicted molar refractivity (Wildman–Crippen MR) is 117 cm³/mol. The minimum atomic E-state index is -0.475. The number of nitrogens with zero attached hydrogens (tertiary/aromatic N) is 2. The molecule has 1 amide bonds. The molecule has 2 fully saturated rings. The highest BCUT2D eigenvalue weighted by molar-refractivity contribution is 6.62. The smallest absolute Gasteiger partial charge is 0.444 e. The van der Waals surface area contributed by atoms with Crippen LogP contribution in [0.2, 0.25) is 0 Å². The van der Waals surface area contributed by atoms with E-state index in [0.29, 0.717) is 6.54 Å². The summed E-state index contributed by atoms with van der Waals surface area (Å²) in [7, 11) is -0.350. The molecule has 160 valence electrons. The quantitative estimate of drug-likeness (QED) is 0.710. The first kappa shape index (κ1) is 22.0. The van der Waals surface area contributed by atoms with Gasteiger partial charge in [0.25, 0.3) is 0 Å². The molecule has 2 heterocycles. The number of carbonyl (C=O) groups is 1. The van der Waals surface area contributed by atoms with Crippen molar-refractivity contribution in [2.45, 2.75) is 78.2 Å². The molecule has 2 aliphatic heterocycles. The maximum Gasteiger partial charge on any atom is 0.494 e. The number of anilines is 1. The van der Waals surface area contributed by atoms with Crippen molar-refractivity contribution in [3.05, 3.63) is 24.3 Å². The van der Waals surface area contributed by atoms with Gasteiger partial charge in [-0.1, -0.05) is 12.1 Å². The Kier molecular flexibility index (Phi) is 5.69. The molecule has 2 aliphatic rings. The van der Waals surface area contributed by atoms with Crippen molar-refractivity contribution in [3.8, 4) is 0 Å². The molecule has 7 heteroatoms. The number of hydrogen-bond acceptors (Lipinski definition) is 5. The molecule has 0 saturated carbocycles. The van der Waals surface area contributed by atoms with E-state index in [1.54, 1.807) is 0 Å². The molecule has 1 aromatic carbocycles. The third-order valence-electron chi connectivity index (χ3n) is 6.04. The van der Waals surface area contributed by atoms with Crippen molar-refractivity contribution in [1.29, 1.82) is 0 Å². The Morgan fingerprint density at radius 1 is 1.07 bits per heavy atom. The Morgan fingerprint density at radius 3 is 2.10 bits per heavy atom. The zero-order valence-electron chi connectivity index (χ0n) is 19.1. The van der Waals surface area contributed by atoms with Crippen LogP contribution in [0.4, 0.5) is 10.5 Å². The number of benzene rings is 1. The second-order valence-corrected chi connectivity index (χ2v) is 10.1. The van der Waals surface area contributed by atoms with E-state index in [4.69, 9.17) is 14.0 Å². The maximum atomic E-state index is 12.4. The lowest BCUT2D eigenvalue weighted by Gasteiger charge is -2.41. The van der Waals surface area contributed by atoms with Crippen LogP contribution in [0.25, 0.3) is 0 Å². The highest BCUT2D eigenvalue weighted by Gasteiger charge is 2.51. The number of piperazine rings is 1. The largest absolute Gasteiger partial charge is 0.494 e. The molecule has 1 aromatic rings. The van der Waals surface area contributed by atoms with Gasteiger partial charge >= 0.3 is 13.2 Å². The van der Waals surface area contributed by atoms with Gasteiger partial charge in [0.2, 0.25) is 0 Å². The van der Waals surface area contributed by atoms with Crippen molar-refractivity contribution in [2.75, 3.05) is 24.5 Å². The zero-order chi connectivity index (χ0) is 21.6. The Morgan fingerprint density at radius 2 is 1.62 bits per heavy atom. The summed E-state index contributed by atoms with van der Waals surface area (Å²) in [6.45, 7) is 18.2. The van der Waals surface area contributed by atoms with Gasteiger partial charge in [0.05, 0.1) is 11.2 Å². The van der Waals surface area contributed by atoms with Gasteiger partial charge < -0.3 is 23.8 Å². The van der Waals surface area contributed by atoms with Crippen LogP contribution in [0.3, 0.4) is 0 Å². The average molecular weight is 402 g/mol. The van der Waals surface area contributed by atoms with Crippen LogP contribution in [0.5, 0.6) is 0 Å². The Labute approximate surface area is 175 Å². The number of ether oxygens (including phenoxy) is 1. The summed E-state index contributed by atoms with van der Waals surface area (Å²) >= 11 is 0. The first-order valence-corrected chi connectivity index (χ1v) is 10.5. The summed E-state index contributed by atoms with van der Waals surface area (Å²) in [6, 6.07) is 8.44. The minimum Gasteiger partial charge on any atom is -0.444 e. The lowest BCUT2D eigenvalue weighted by molar-refractivity contribution is 0.00578. The van der Waals surface area contributed by atoms with E-state index in [2.05, 4.69) is 63.8 Å². The van der Waals surface area contributed by atoms with Crippen molar-refractivity contribution in [3.63, 3.8) is 0 Å². The lowest BCUT2D eigenvalue weighted by atomic mass is 9.79. The molecular weight excluding hydrogens is 367 g/mol. The number of carbonyl (C=O) groups excluding carboxylic acids is 1. The minimum absolute atomic E-state index is 0.0846. The Hall–Kier alpha value is -1.73. The number of hydrogen-bond donors (Lipinski definition) is 0. The topological polar surface area (TPSA) is 51.2 Å². The molecule has 0 radical (unpaired) electrons. The summed E-state index contributed by atoms with van der Waals surface area (Å²) in [5.41, 5.74) is 0.999. The highest BCUT2D eigenvalue weighted by Crippen LogP contribution is 2.36. The SMILES string of the molecule is C[C@H]1CN(c2ccc(B3OC(C)(C)C(C)(C)O3)cc2)CCN1C(=O)OC(C)(C)C. The lowest BCUT2D eigenvalue weighted by Crippen LogP contribution is -2.55. The normalized spacial score (nSPS) is 24.0. The fourth-order valence-corrected chi connectivity index (χ4v) is 3.61. The average Bonchev–Trinajstić information content (AvgIpc) is 2.81. The first-order valence-electron chi connectivity index (χ1n) is 10.5. The number of amides is 1. The van der Waals surface area contributed by atoms with Crippen molar-refractivity contribution < 1.29 is 18.8 Å². The number of rotatable bonds is 2. The molecule has 0 unspecified atom stereocenters. The van der Waals surface area contributed by atoms with Gasteiger partial charge in [0, 0.05) is 31.4 Å². The van der Waals surface area contributed by atoms with Crippen molar-refractivity contribution in [1.82, 2.24) is 4.90 Å². The van der Waals surface area contributed by atoms with Crippen LogP contribution >= 0.6 is 0 Å². The predicted octanol–water partition coefficient (Wildman–Crippen LogP) is 3.43. The molecule has 3 rings (SSSR count). The van der Waals surface area contributed by atoms with E-state index >= 15 is 0 Å². The summed E-state index contributed by atoms with van der Waals surface area (Å²) in [5.74, 6) is 0.